The summed E-state index contributed by atoms with van der Waals surface area (Å²) >= 11 is 4.75. The van der Waals surface area contributed by atoms with Gasteiger partial charge in [-0.15, -0.1) is 0 Å². The molecular formula is C5H6Cr2O4-2. The van der Waals surface area contributed by atoms with Gasteiger partial charge in [0, 0.05) is 0 Å². The summed E-state index contributed by atoms with van der Waals surface area (Å²) in [5.41, 5.74) is 0. The van der Waals surface area contributed by atoms with Crippen molar-refractivity contribution in [2.24, 2.45) is 0 Å². The molecule has 0 heterocycles. The van der Waals surface area contributed by atoms with Crippen LogP contribution in [0.2, 0.25) is 0 Å². The molecule has 0 aromatic carbocycles. The molecule has 0 N–H and O–H groups in total. The average Bonchev–Trinajstić information content (AvgIpc) is 2.13. The second kappa shape index (κ2) is 33.1. The van der Waals surface area contributed by atoms with Crippen LogP contribution in [0.15, 0.2) is 0 Å². The molecule has 0 aromatic rings. The molecule has 0 amide bonds. The van der Waals surface area contributed by atoms with Crippen molar-refractivity contribution in [2.45, 2.75) is 0 Å². The third kappa shape index (κ3) is 41.7. The van der Waals surface area contributed by atoms with E-state index in [9.17, 15) is 0 Å². The molecule has 0 aliphatic heterocycles. The van der Waals surface area contributed by atoms with Gasteiger partial charge in [-0.25, -0.2) is 0 Å². The fraction of sp³-hybridized carbons (Fsp3) is 0.200. The van der Waals surface area contributed by atoms with Crippen molar-refractivity contribution >= 4 is 23.7 Å². The van der Waals surface area contributed by atoms with Gasteiger partial charge in [-0.2, -0.15) is 0 Å². The van der Waals surface area contributed by atoms with E-state index in [4.69, 9.17) is 9.59 Å². The van der Waals surface area contributed by atoms with Gasteiger partial charge >= 0.3 is 42.5 Å². The normalized spacial score (nSPS) is 5.09. The zero-order valence-electron chi connectivity index (χ0n) is 5.57. The number of rotatable bonds is 4. The first-order valence-corrected chi connectivity index (χ1v) is 3.77. The molecule has 11 heavy (non-hydrogen) atoms. The van der Waals surface area contributed by atoms with Crippen molar-refractivity contribution in [3.8, 4) is 0 Å². The van der Waals surface area contributed by atoms with Gasteiger partial charge < -0.3 is 19.1 Å². The molecule has 0 aliphatic carbocycles. The Morgan fingerprint density at radius 1 is 1.00 bits per heavy atom. The molecule has 0 rings (SSSR count). The predicted molar refractivity (Wildman–Crippen MR) is 32.7 cm³/mol. The van der Waals surface area contributed by atoms with Crippen LogP contribution in [0.1, 0.15) is 0 Å². The number of carbonyl (C=O) groups excluding carboxylic acids is 2. The van der Waals surface area contributed by atoms with E-state index in [1.54, 1.807) is 0 Å². The Morgan fingerprint density at radius 2 is 1.27 bits per heavy atom. The van der Waals surface area contributed by atoms with Gasteiger partial charge in [0.2, 0.25) is 0 Å². The Hall–Kier alpha value is -0.255. The Labute approximate surface area is 81.4 Å². The van der Waals surface area contributed by atoms with Crippen LogP contribution in [0.4, 0.5) is 0 Å². The fourth-order valence-corrected chi connectivity index (χ4v) is 0.0776. The third-order valence-corrected chi connectivity index (χ3v) is 0.236. The van der Waals surface area contributed by atoms with Gasteiger partial charge in [-0.05, 0) is 0 Å². The van der Waals surface area contributed by atoms with Crippen molar-refractivity contribution in [3.63, 3.8) is 0 Å². The monoisotopic (exact) mass is 234 g/mol. The molecule has 6 heteroatoms. The minimum absolute atomic E-state index is 0.410. The van der Waals surface area contributed by atoms with Crippen molar-refractivity contribution in [3.05, 3.63) is 0 Å². The Kier molecular flexibility index (Phi) is 51.2. The van der Waals surface area contributed by atoms with E-state index in [0.717, 1.165) is 12.9 Å². The number of hydrogen-bond donors (Lipinski definition) is 0. The summed E-state index contributed by atoms with van der Waals surface area (Å²) in [6.45, 7) is 1.69. The van der Waals surface area contributed by atoms with Gasteiger partial charge in [-0.1, -0.05) is 12.9 Å². The number of hydrogen-bond acceptors (Lipinski definition) is 4. The Bertz CT molecular complexity index is 78.6. The Balaban J connectivity index is -0.000000138. The molecule has 0 radical (unpaired) electrons. The minimum atomic E-state index is -0.410. The average molecular weight is 234 g/mol. The molecule has 0 aromatic heterocycles. The summed E-state index contributed by atoms with van der Waals surface area (Å²) in [5.74, 6) is 0. The van der Waals surface area contributed by atoms with E-state index in [-0.39, 0.29) is 0 Å². The Morgan fingerprint density at radius 3 is 1.45 bits per heavy atom. The number of ether oxygens (including phenoxy) is 2. The molecule has 0 saturated carbocycles. The van der Waals surface area contributed by atoms with E-state index >= 15 is 0 Å². The maximum absolute atomic E-state index is 9.12. The van der Waals surface area contributed by atoms with Crippen molar-refractivity contribution < 1.29 is 50.8 Å². The summed E-state index contributed by atoms with van der Waals surface area (Å²) in [7, 11) is 0. The second-order valence-electron chi connectivity index (χ2n) is 0.573. The molecular weight excluding hydrogens is 228 g/mol. The molecule has 0 saturated heterocycles. The molecule has 0 aliphatic rings. The quantitative estimate of drug-likeness (QED) is 0.357. The summed E-state index contributed by atoms with van der Waals surface area (Å²) in [6, 6.07) is 0. The first-order chi connectivity index (χ1) is 5.41. The van der Waals surface area contributed by atoms with Crippen LogP contribution < -0.4 is 0 Å². The second-order valence-corrected chi connectivity index (χ2v) is 0.573. The first-order valence-electron chi connectivity index (χ1n) is 1.97. The summed E-state index contributed by atoms with van der Waals surface area (Å²) in [4.78, 5) is 18.2. The third-order valence-electron chi connectivity index (χ3n) is 0.236. The van der Waals surface area contributed by atoms with Gasteiger partial charge in [0.25, 0.3) is 0 Å². The molecule has 64 valence electrons. The molecule has 4 nitrogen and oxygen atoms in total. The molecule has 0 unspecified atom stereocenters. The molecule has 0 spiro atoms. The SMILES string of the molecule is O=[C-]OCO[C-]=O.[CH2]=[Cr].[CH2]=[Cr]. The maximum atomic E-state index is 9.12. The van der Waals surface area contributed by atoms with Gasteiger partial charge in [0.15, 0.2) is 6.79 Å². The van der Waals surface area contributed by atoms with Crippen LogP contribution >= 0.6 is 0 Å². The van der Waals surface area contributed by atoms with Crippen LogP contribution in [-0.2, 0) is 50.8 Å². The van der Waals surface area contributed by atoms with Crippen molar-refractivity contribution in [1.29, 1.82) is 0 Å². The van der Waals surface area contributed by atoms with Crippen molar-refractivity contribution in [2.75, 3.05) is 6.79 Å². The van der Waals surface area contributed by atoms with Gasteiger partial charge in [0.1, 0.15) is 0 Å². The van der Waals surface area contributed by atoms with E-state index in [1.165, 1.54) is 0 Å². The zero-order chi connectivity index (χ0) is 9.54. The zero-order valence-corrected chi connectivity index (χ0v) is 8.12. The van der Waals surface area contributed by atoms with Crippen LogP contribution in [0, 0.1) is 0 Å². The topological polar surface area (TPSA) is 52.6 Å². The van der Waals surface area contributed by atoms with E-state index in [2.05, 4.69) is 51.9 Å². The van der Waals surface area contributed by atoms with E-state index < -0.39 is 6.79 Å². The van der Waals surface area contributed by atoms with E-state index in [0.29, 0.717) is 0 Å². The van der Waals surface area contributed by atoms with Gasteiger partial charge in [-0.3, -0.25) is 0 Å². The molecule has 0 fully saturated rings. The van der Waals surface area contributed by atoms with Crippen molar-refractivity contribution in [1.82, 2.24) is 0 Å². The summed E-state index contributed by atoms with van der Waals surface area (Å²) in [6.07, 6.45) is 0. The van der Waals surface area contributed by atoms with Gasteiger partial charge in [0.05, 0.1) is 0 Å². The summed E-state index contributed by atoms with van der Waals surface area (Å²) < 4.78 is 7.57. The molecule has 0 atom stereocenters. The fourth-order valence-electron chi connectivity index (χ4n) is 0.0776. The van der Waals surface area contributed by atoms with Crippen LogP contribution in [0.25, 0.3) is 0 Å². The predicted octanol–water partition coefficient (Wildman–Crippen LogP) is -0.958. The van der Waals surface area contributed by atoms with Crippen LogP contribution in [0.5, 0.6) is 0 Å². The molecule has 0 bridgehead atoms. The first kappa shape index (κ1) is 17.0. The summed E-state index contributed by atoms with van der Waals surface area (Å²) in [5, 5.41) is 6.25. The van der Waals surface area contributed by atoms with Crippen LogP contribution in [-0.4, -0.2) is 30.5 Å². The van der Waals surface area contributed by atoms with E-state index in [1.807, 2.05) is 0 Å². The standard InChI is InChI=1S/C3H2O4.2CH2.2Cr/c4-1-6-3-7-2-5;;;;/h3H2;2*1H2;;/q-2;;;;. The van der Waals surface area contributed by atoms with Crippen LogP contribution in [0.3, 0.4) is 0 Å².